The number of carbonyl (C=O) groups excluding carboxylic acids is 1. The zero-order valence-corrected chi connectivity index (χ0v) is 14.4. The van der Waals surface area contributed by atoms with Crippen LogP contribution < -0.4 is 0 Å². The number of nitrogens with zero attached hydrogens (tertiary/aromatic N) is 1. The fourth-order valence-electron chi connectivity index (χ4n) is 4.36. The van der Waals surface area contributed by atoms with Crippen LogP contribution in [0.2, 0.25) is 5.02 Å². The molecular weight excluding hydrogens is 326 g/mol. The zero-order chi connectivity index (χ0) is 16.9. The minimum absolute atomic E-state index is 0.0257. The van der Waals surface area contributed by atoms with E-state index in [2.05, 4.69) is 0 Å². The van der Waals surface area contributed by atoms with Crippen LogP contribution in [-0.2, 0) is 16.0 Å². The SMILES string of the molecule is O=C(O)C1CC12CCN(C(=O)C1(Cc3ccccc3Cl)CC1)CC2. The van der Waals surface area contributed by atoms with E-state index in [4.69, 9.17) is 11.6 Å². The van der Waals surface area contributed by atoms with Crippen molar-refractivity contribution in [3.63, 3.8) is 0 Å². The molecule has 2 aliphatic carbocycles. The number of rotatable bonds is 4. The van der Waals surface area contributed by atoms with Gasteiger partial charge >= 0.3 is 5.97 Å². The number of carbonyl (C=O) groups is 2. The zero-order valence-electron chi connectivity index (χ0n) is 13.6. The minimum atomic E-state index is -0.674. The standard InChI is InChI=1S/C19H22ClNO3/c20-15-4-2-1-3-13(15)11-19(5-6-19)17(24)21-9-7-18(8-10-21)12-14(18)16(22)23/h1-4,14H,5-12H2,(H,22,23). The van der Waals surface area contributed by atoms with Crippen molar-refractivity contribution in [2.75, 3.05) is 13.1 Å². The van der Waals surface area contributed by atoms with E-state index in [0.717, 1.165) is 42.7 Å². The molecule has 3 aliphatic rings. The summed E-state index contributed by atoms with van der Waals surface area (Å²) in [5.74, 6) is -0.621. The topological polar surface area (TPSA) is 57.6 Å². The number of carboxylic acid groups (broad SMARTS) is 1. The second-order valence-electron chi connectivity index (χ2n) is 7.80. The van der Waals surface area contributed by atoms with Crippen LogP contribution in [0.15, 0.2) is 24.3 Å². The van der Waals surface area contributed by atoms with E-state index in [-0.39, 0.29) is 22.7 Å². The summed E-state index contributed by atoms with van der Waals surface area (Å²) in [6.45, 7) is 1.40. The van der Waals surface area contributed by atoms with Crippen LogP contribution in [0.1, 0.15) is 37.7 Å². The van der Waals surface area contributed by atoms with Crippen molar-refractivity contribution in [1.82, 2.24) is 4.90 Å². The first-order valence-corrected chi connectivity index (χ1v) is 9.09. The Morgan fingerprint density at radius 3 is 2.38 bits per heavy atom. The number of aliphatic carboxylic acids is 1. The third-order valence-corrected chi connectivity index (χ3v) is 6.70. The van der Waals surface area contributed by atoms with Crippen molar-refractivity contribution in [3.05, 3.63) is 34.9 Å². The summed E-state index contributed by atoms with van der Waals surface area (Å²) >= 11 is 6.26. The average molecular weight is 348 g/mol. The number of benzene rings is 1. The predicted molar refractivity (Wildman–Crippen MR) is 90.8 cm³/mol. The molecule has 2 saturated carbocycles. The Morgan fingerprint density at radius 2 is 1.83 bits per heavy atom. The van der Waals surface area contributed by atoms with Crippen LogP contribution in [0.5, 0.6) is 0 Å². The van der Waals surface area contributed by atoms with Gasteiger partial charge < -0.3 is 10.0 Å². The molecule has 4 rings (SSSR count). The number of hydrogen-bond acceptors (Lipinski definition) is 2. The van der Waals surface area contributed by atoms with Crippen LogP contribution in [0.3, 0.4) is 0 Å². The van der Waals surface area contributed by atoms with Gasteiger partial charge in [0.2, 0.25) is 5.91 Å². The maximum atomic E-state index is 13.0. The highest BCUT2D eigenvalue weighted by molar-refractivity contribution is 6.31. The van der Waals surface area contributed by atoms with Gasteiger partial charge in [0.05, 0.1) is 11.3 Å². The average Bonchev–Trinajstić information content (AvgIpc) is 3.47. The molecule has 128 valence electrons. The van der Waals surface area contributed by atoms with Gasteiger partial charge in [-0.05, 0) is 55.6 Å². The summed E-state index contributed by atoms with van der Waals surface area (Å²) < 4.78 is 0. The molecule has 0 aromatic heterocycles. The Bertz CT molecular complexity index is 690. The van der Waals surface area contributed by atoms with Crippen LogP contribution in [0, 0.1) is 16.7 Å². The monoisotopic (exact) mass is 347 g/mol. The van der Waals surface area contributed by atoms with Gasteiger partial charge in [0.1, 0.15) is 0 Å². The summed E-state index contributed by atoms with van der Waals surface area (Å²) in [4.78, 5) is 26.1. The molecule has 1 atom stereocenters. The Balaban J connectivity index is 1.40. The molecular formula is C19H22ClNO3. The quantitative estimate of drug-likeness (QED) is 0.908. The van der Waals surface area contributed by atoms with Gasteiger partial charge in [0.15, 0.2) is 0 Å². The van der Waals surface area contributed by atoms with Gasteiger partial charge in [0.25, 0.3) is 0 Å². The van der Waals surface area contributed by atoms with Crippen molar-refractivity contribution in [3.8, 4) is 0 Å². The van der Waals surface area contributed by atoms with Gasteiger partial charge in [0, 0.05) is 18.1 Å². The second-order valence-corrected chi connectivity index (χ2v) is 8.21. The minimum Gasteiger partial charge on any atom is -0.481 e. The van der Waals surface area contributed by atoms with Gasteiger partial charge in [-0.2, -0.15) is 0 Å². The van der Waals surface area contributed by atoms with E-state index in [9.17, 15) is 14.7 Å². The third-order valence-electron chi connectivity index (χ3n) is 6.33. The highest BCUT2D eigenvalue weighted by Crippen LogP contribution is 2.60. The molecule has 4 nitrogen and oxygen atoms in total. The molecule has 1 aromatic carbocycles. The van der Waals surface area contributed by atoms with E-state index in [1.165, 1.54) is 0 Å². The Hall–Kier alpha value is -1.55. The van der Waals surface area contributed by atoms with Crippen LogP contribution in [0.4, 0.5) is 0 Å². The first-order chi connectivity index (χ1) is 11.5. The van der Waals surface area contributed by atoms with E-state index >= 15 is 0 Å². The van der Waals surface area contributed by atoms with Crippen LogP contribution >= 0.6 is 11.6 Å². The normalized spacial score (nSPS) is 26.2. The summed E-state index contributed by atoms with van der Waals surface area (Å²) in [5.41, 5.74) is 0.750. The highest BCUT2D eigenvalue weighted by Gasteiger charge is 2.60. The lowest BCUT2D eigenvalue weighted by Gasteiger charge is -2.35. The molecule has 1 amide bonds. The van der Waals surface area contributed by atoms with Gasteiger partial charge in [-0.1, -0.05) is 29.8 Å². The molecule has 1 spiro atoms. The van der Waals surface area contributed by atoms with Crippen molar-refractivity contribution < 1.29 is 14.7 Å². The lowest BCUT2D eigenvalue weighted by molar-refractivity contribution is -0.140. The lowest BCUT2D eigenvalue weighted by atomic mass is 9.88. The van der Waals surface area contributed by atoms with Crippen molar-refractivity contribution >= 4 is 23.5 Å². The van der Waals surface area contributed by atoms with Crippen LogP contribution in [0.25, 0.3) is 0 Å². The smallest absolute Gasteiger partial charge is 0.307 e. The molecule has 1 saturated heterocycles. The van der Waals surface area contributed by atoms with E-state index < -0.39 is 5.97 Å². The maximum absolute atomic E-state index is 13.0. The molecule has 1 heterocycles. The lowest BCUT2D eigenvalue weighted by Crippen LogP contribution is -2.44. The summed E-state index contributed by atoms with van der Waals surface area (Å²) in [5, 5.41) is 9.91. The molecule has 0 radical (unpaired) electrons. The van der Waals surface area contributed by atoms with Gasteiger partial charge in [-0.15, -0.1) is 0 Å². The molecule has 5 heteroatoms. The molecule has 3 fully saturated rings. The highest BCUT2D eigenvalue weighted by atomic mass is 35.5. The number of amides is 1. The molecule has 24 heavy (non-hydrogen) atoms. The molecule has 1 unspecified atom stereocenters. The van der Waals surface area contributed by atoms with Crippen LogP contribution in [-0.4, -0.2) is 35.0 Å². The first-order valence-electron chi connectivity index (χ1n) is 8.71. The van der Waals surface area contributed by atoms with Crippen molar-refractivity contribution in [2.24, 2.45) is 16.7 Å². The second kappa shape index (κ2) is 5.48. The number of carboxylic acids is 1. The largest absolute Gasteiger partial charge is 0.481 e. The Kier molecular flexibility index (Phi) is 3.64. The number of piperidine rings is 1. The fraction of sp³-hybridized carbons (Fsp3) is 0.579. The molecule has 1 aliphatic heterocycles. The number of halogens is 1. The fourth-order valence-corrected chi connectivity index (χ4v) is 4.57. The summed E-state index contributed by atoms with van der Waals surface area (Å²) in [7, 11) is 0. The van der Waals surface area contributed by atoms with Crippen molar-refractivity contribution in [1.29, 1.82) is 0 Å². The summed E-state index contributed by atoms with van der Waals surface area (Å²) in [6.07, 6.45) is 5.02. The van der Waals surface area contributed by atoms with E-state index in [1.54, 1.807) is 0 Å². The summed E-state index contributed by atoms with van der Waals surface area (Å²) in [6, 6.07) is 7.75. The Morgan fingerprint density at radius 1 is 1.17 bits per heavy atom. The number of hydrogen-bond donors (Lipinski definition) is 1. The van der Waals surface area contributed by atoms with Gasteiger partial charge in [-0.25, -0.2) is 0 Å². The molecule has 1 N–H and O–H groups in total. The predicted octanol–water partition coefficient (Wildman–Crippen LogP) is 3.38. The molecule has 1 aromatic rings. The van der Waals surface area contributed by atoms with Gasteiger partial charge in [-0.3, -0.25) is 9.59 Å². The Labute approximate surface area is 146 Å². The van der Waals surface area contributed by atoms with Crippen molar-refractivity contribution in [2.45, 2.75) is 38.5 Å². The van der Waals surface area contributed by atoms with E-state index in [1.807, 2.05) is 29.2 Å². The van der Waals surface area contributed by atoms with E-state index in [0.29, 0.717) is 19.5 Å². The maximum Gasteiger partial charge on any atom is 0.307 e. The molecule has 0 bridgehead atoms. The first kappa shape index (κ1) is 15.9. The number of likely N-dealkylation sites (tertiary alicyclic amines) is 1. The third kappa shape index (κ3) is 2.61.